The van der Waals surface area contributed by atoms with Gasteiger partial charge in [0.2, 0.25) is 5.78 Å². The number of carbonyl (C=O) groups is 1. The highest BCUT2D eigenvalue weighted by Gasteiger charge is 2.25. The van der Waals surface area contributed by atoms with Crippen molar-refractivity contribution in [2.75, 3.05) is 11.2 Å². The first-order valence-electron chi connectivity index (χ1n) is 7.55. The second kappa shape index (κ2) is 6.07. The monoisotopic (exact) mass is 356 g/mol. The lowest BCUT2D eigenvalue weighted by atomic mass is 10.1. The van der Waals surface area contributed by atoms with Gasteiger partial charge in [-0.2, -0.15) is 5.10 Å². The number of hydrogen-bond acceptors (Lipinski definition) is 6. The number of benzene rings is 1. The summed E-state index contributed by atoms with van der Waals surface area (Å²) < 4.78 is 1.91. The molecule has 2 aromatic heterocycles. The number of fused-ring (bicyclic) bond motifs is 1. The Kier molecular flexibility index (Phi) is 3.90. The average Bonchev–Trinajstić information content (AvgIpc) is 3.31. The van der Waals surface area contributed by atoms with Crippen molar-refractivity contribution in [1.82, 2.24) is 14.8 Å². The van der Waals surface area contributed by atoms with Crippen molar-refractivity contribution in [3.8, 4) is 0 Å². The van der Waals surface area contributed by atoms with Gasteiger partial charge in [0.1, 0.15) is 0 Å². The molecule has 122 valence electrons. The van der Waals surface area contributed by atoms with Crippen molar-refractivity contribution >= 4 is 34.0 Å². The Balaban J connectivity index is 1.56. The molecular weight excluding hydrogens is 340 g/mol. The molecule has 0 unspecified atom stereocenters. The minimum absolute atomic E-state index is 0.0352. The first-order valence-corrected chi connectivity index (χ1v) is 9.59. The Morgan fingerprint density at radius 3 is 2.96 bits per heavy atom. The highest BCUT2D eigenvalue weighted by Crippen LogP contribution is 2.32. The van der Waals surface area contributed by atoms with Crippen molar-refractivity contribution in [1.29, 1.82) is 0 Å². The van der Waals surface area contributed by atoms with Gasteiger partial charge in [-0.1, -0.05) is 23.5 Å². The fourth-order valence-corrected chi connectivity index (χ4v) is 4.18. The smallest absolute Gasteiger partial charge is 0.204 e. The number of aryl methyl sites for hydroxylation is 1. The summed E-state index contributed by atoms with van der Waals surface area (Å²) in [4.78, 5) is 21.1. The molecule has 0 spiro atoms. The standard InChI is InChI=1S/C17H16N4OS2/c1-20-14-10-21(9-12(14)7-19-20)17-18-8-15(24-17)16(22)11-4-3-5-13(6-11)23-2/h3-8H,9-10H2,1-2H3. The third-order valence-corrected chi connectivity index (χ3v) is 5.95. The SMILES string of the molecule is CSc1cccc(C(=O)c2cnc(N3Cc4cnn(C)c4C3)s2)c1. The van der Waals surface area contributed by atoms with Crippen molar-refractivity contribution in [3.05, 3.63) is 58.4 Å². The summed E-state index contributed by atoms with van der Waals surface area (Å²) in [6, 6.07) is 7.72. The number of anilines is 1. The maximum atomic E-state index is 12.7. The van der Waals surface area contributed by atoms with E-state index in [2.05, 4.69) is 15.0 Å². The van der Waals surface area contributed by atoms with E-state index in [0.717, 1.165) is 23.1 Å². The molecule has 0 saturated heterocycles. The molecule has 5 nitrogen and oxygen atoms in total. The number of rotatable bonds is 4. The van der Waals surface area contributed by atoms with Crippen LogP contribution >= 0.6 is 23.1 Å². The van der Waals surface area contributed by atoms with E-state index in [4.69, 9.17) is 0 Å². The van der Waals surface area contributed by atoms with Gasteiger partial charge in [0.05, 0.1) is 29.5 Å². The summed E-state index contributed by atoms with van der Waals surface area (Å²) in [6.07, 6.45) is 5.60. The summed E-state index contributed by atoms with van der Waals surface area (Å²) in [5.41, 5.74) is 3.16. The fourth-order valence-electron chi connectivity index (χ4n) is 2.84. The summed E-state index contributed by atoms with van der Waals surface area (Å²) >= 11 is 3.09. The summed E-state index contributed by atoms with van der Waals surface area (Å²) in [5, 5.41) is 5.16. The molecule has 1 aliphatic heterocycles. The van der Waals surface area contributed by atoms with Crippen LogP contribution in [0, 0.1) is 0 Å². The lowest BCUT2D eigenvalue weighted by molar-refractivity contribution is 0.104. The molecule has 0 N–H and O–H groups in total. The molecule has 3 heterocycles. The summed E-state index contributed by atoms with van der Waals surface area (Å²) in [6.45, 7) is 1.58. The molecule has 0 atom stereocenters. The van der Waals surface area contributed by atoms with Crippen molar-refractivity contribution in [2.24, 2.45) is 7.05 Å². The molecule has 3 aromatic rings. The van der Waals surface area contributed by atoms with Crippen LogP contribution in [0.15, 0.2) is 41.6 Å². The molecule has 0 aliphatic carbocycles. The highest BCUT2D eigenvalue weighted by molar-refractivity contribution is 7.98. The van der Waals surface area contributed by atoms with E-state index in [9.17, 15) is 4.79 Å². The van der Waals surface area contributed by atoms with E-state index in [1.165, 1.54) is 22.6 Å². The minimum atomic E-state index is 0.0352. The molecule has 0 bridgehead atoms. The van der Waals surface area contributed by atoms with Gasteiger partial charge in [0.25, 0.3) is 0 Å². The molecular formula is C17H16N4OS2. The van der Waals surface area contributed by atoms with Gasteiger partial charge in [-0.25, -0.2) is 4.98 Å². The Hall–Kier alpha value is -2.12. The molecule has 7 heteroatoms. The predicted molar refractivity (Wildman–Crippen MR) is 96.9 cm³/mol. The lowest BCUT2D eigenvalue weighted by Crippen LogP contribution is -2.15. The predicted octanol–water partition coefficient (Wildman–Crippen LogP) is 3.35. The van der Waals surface area contributed by atoms with E-state index in [-0.39, 0.29) is 5.78 Å². The van der Waals surface area contributed by atoms with E-state index in [0.29, 0.717) is 10.4 Å². The van der Waals surface area contributed by atoms with Crippen LogP contribution in [0.4, 0.5) is 5.13 Å². The van der Waals surface area contributed by atoms with Gasteiger partial charge >= 0.3 is 0 Å². The van der Waals surface area contributed by atoms with Crippen LogP contribution in [0.25, 0.3) is 0 Å². The third-order valence-electron chi connectivity index (χ3n) is 4.17. The van der Waals surface area contributed by atoms with Crippen LogP contribution in [0.3, 0.4) is 0 Å². The molecule has 1 aromatic carbocycles. The number of thioether (sulfide) groups is 1. The number of ketones is 1. The number of nitrogens with zero attached hydrogens (tertiary/aromatic N) is 4. The topological polar surface area (TPSA) is 51.0 Å². The molecule has 0 amide bonds. The van der Waals surface area contributed by atoms with Crippen LogP contribution in [0.2, 0.25) is 0 Å². The maximum Gasteiger partial charge on any atom is 0.204 e. The van der Waals surface area contributed by atoms with Gasteiger partial charge in [0, 0.05) is 29.6 Å². The molecule has 24 heavy (non-hydrogen) atoms. The normalized spacial score (nSPS) is 13.3. The van der Waals surface area contributed by atoms with Crippen LogP contribution < -0.4 is 4.90 Å². The number of aromatic nitrogens is 3. The average molecular weight is 356 g/mol. The van der Waals surface area contributed by atoms with Crippen LogP contribution in [-0.4, -0.2) is 26.8 Å². The Morgan fingerprint density at radius 2 is 2.17 bits per heavy atom. The van der Waals surface area contributed by atoms with Crippen molar-refractivity contribution in [3.63, 3.8) is 0 Å². The summed E-state index contributed by atoms with van der Waals surface area (Å²) in [7, 11) is 1.96. The third kappa shape index (κ3) is 2.63. The van der Waals surface area contributed by atoms with Crippen LogP contribution in [0.5, 0.6) is 0 Å². The minimum Gasteiger partial charge on any atom is -0.338 e. The van der Waals surface area contributed by atoms with Gasteiger partial charge in [-0.3, -0.25) is 9.48 Å². The second-order valence-corrected chi connectivity index (χ2v) is 7.55. The molecule has 0 saturated carbocycles. The molecule has 0 radical (unpaired) electrons. The zero-order valence-electron chi connectivity index (χ0n) is 13.4. The van der Waals surface area contributed by atoms with E-state index >= 15 is 0 Å². The van der Waals surface area contributed by atoms with Gasteiger partial charge in [0.15, 0.2) is 5.13 Å². The lowest BCUT2D eigenvalue weighted by Gasteiger charge is -2.13. The van der Waals surface area contributed by atoms with Crippen molar-refractivity contribution < 1.29 is 4.79 Å². The number of carbonyl (C=O) groups excluding carboxylic acids is 1. The number of hydrogen-bond donors (Lipinski definition) is 0. The second-order valence-electron chi connectivity index (χ2n) is 5.66. The van der Waals surface area contributed by atoms with Crippen LogP contribution in [0.1, 0.15) is 26.5 Å². The zero-order valence-corrected chi connectivity index (χ0v) is 15.0. The van der Waals surface area contributed by atoms with E-state index in [1.54, 1.807) is 18.0 Å². The zero-order chi connectivity index (χ0) is 16.7. The quantitative estimate of drug-likeness (QED) is 0.530. The van der Waals surface area contributed by atoms with Crippen molar-refractivity contribution in [2.45, 2.75) is 18.0 Å². The summed E-state index contributed by atoms with van der Waals surface area (Å²) in [5.74, 6) is 0.0352. The highest BCUT2D eigenvalue weighted by atomic mass is 32.2. The molecule has 1 aliphatic rings. The first kappa shape index (κ1) is 15.4. The van der Waals surface area contributed by atoms with Gasteiger partial charge < -0.3 is 4.90 Å². The maximum absolute atomic E-state index is 12.7. The van der Waals surface area contributed by atoms with Crippen LogP contribution in [-0.2, 0) is 20.1 Å². The van der Waals surface area contributed by atoms with E-state index < -0.39 is 0 Å². The fraction of sp³-hybridized carbons (Fsp3) is 0.235. The number of thiazole rings is 1. The van der Waals surface area contributed by atoms with Gasteiger partial charge in [-0.05, 0) is 18.4 Å². The Bertz CT molecular complexity index is 915. The van der Waals surface area contributed by atoms with Gasteiger partial charge in [-0.15, -0.1) is 11.8 Å². The Labute approximate surface area is 148 Å². The molecule has 0 fully saturated rings. The largest absolute Gasteiger partial charge is 0.338 e. The van der Waals surface area contributed by atoms with E-state index in [1.807, 2.05) is 48.4 Å². The molecule has 4 rings (SSSR count). The Morgan fingerprint density at radius 1 is 1.29 bits per heavy atom. The first-order chi connectivity index (χ1) is 11.7.